The molecule has 1 amide bonds. The Balaban J connectivity index is 1.20. The van der Waals surface area contributed by atoms with Gasteiger partial charge in [0, 0.05) is 61.7 Å². The quantitative estimate of drug-likeness (QED) is 0.405. The molecule has 0 unspecified atom stereocenters. The highest BCUT2D eigenvalue weighted by atomic mass is 19.1. The largest absolute Gasteiger partial charge is 0.378 e. The number of rotatable bonds is 5. The van der Waals surface area contributed by atoms with Crippen molar-refractivity contribution in [2.75, 3.05) is 49.6 Å². The summed E-state index contributed by atoms with van der Waals surface area (Å²) >= 11 is 0. The third-order valence-electron chi connectivity index (χ3n) is 7.07. The van der Waals surface area contributed by atoms with Crippen LogP contribution in [0.2, 0.25) is 0 Å². The van der Waals surface area contributed by atoms with Gasteiger partial charge >= 0.3 is 0 Å². The summed E-state index contributed by atoms with van der Waals surface area (Å²) in [4.78, 5) is 30.4. The second-order valence-electron chi connectivity index (χ2n) is 10.1. The number of aromatic nitrogens is 4. The minimum absolute atomic E-state index is 0.0507. The molecule has 39 heavy (non-hydrogen) atoms. The Hall–Kier alpha value is -4.09. The monoisotopic (exact) mass is 530 g/mol. The summed E-state index contributed by atoms with van der Waals surface area (Å²) in [5.74, 6) is 0.441. The van der Waals surface area contributed by atoms with Gasteiger partial charge in [0.05, 0.1) is 30.7 Å². The molecule has 3 aromatic heterocycles. The van der Waals surface area contributed by atoms with E-state index in [2.05, 4.69) is 44.3 Å². The molecule has 0 radical (unpaired) electrons. The van der Waals surface area contributed by atoms with Gasteiger partial charge in [0.15, 0.2) is 0 Å². The number of anilines is 3. The second-order valence-corrected chi connectivity index (χ2v) is 10.1. The number of carbonyl (C=O) groups is 1. The number of nitrogens with one attached hydrogen (secondary N) is 2. The lowest BCUT2D eigenvalue weighted by molar-refractivity contribution is 0.0300. The summed E-state index contributed by atoms with van der Waals surface area (Å²) in [5, 5.41) is 7.56. The van der Waals surface area contributed by atoms with E-state index in [9.17, 15) is 4.79 Å². The Kier molecular flexibility index (Phi) is 6.84. The molecule has 4 aromatic rings. The highest BCUT2D eigenvalue weighted by Gasteiger charge is 2.23. The average molecular weight is 531 g/mol. The zero-order valence-electron chi connectivity index (χ0n) is 22.0. The van der Waals surface area contributed by atoms with Crippen LogP contribution in [-0.2, 0) is 4.74 Å². The van der Waals surface area contributed by atoms with Gasteiger partial charge in [-0.25, -0.2) is 14.4 Å². The number of benzene rings is 1. The Morgan fingerprint density at radius 3 is 2.56 bits per heavy atom. The number of hydrogen-bond donors (Lipinski definition) is 2. The number of carbonyl (C=O) groups excluding carboxylic acids is 1. The van der Waals surface area contributed by atoms with Gasteiger partial charge in [0.2, 0.25) is 5.95 Å². The van der Waals surface area contributed by atoms with Crippen molar-refractivity contribution in [1.82, 2.24) is 29.7 Å². The maximum Gasteiger partial charge on any atom is 0.256 e. The minimum atomic E-state index is -0.572. The summed E-state index contributed by atoms with van der Waals surface area (Å²) in [7, 11) is 0. The lowest BCUT2D eigenvalue weighted by atomic mass is 10.1. The van der Waals surface area contributed by atoms with E-state index in [1.54, 1.807) is 27.9 Å². The molecule has 0 spiro atoms. The topological polar surface area (TPSA) is 100 Å². The van der Waals surface area contributed by atoms with Crippen molar-refractivity contribution in [3.63, 3.8) is 0 Å². The highest BCUT2D eigenvalue weighted by molar-refractivity contribution is 5.95. The first-order chi connectivity index (χ1) is 18.9. The molecule has 2 N–H and O–H groups in total. The Morgan fingerprint density at radius 2 is 1.85 bits per heavy atom. The van der Waals surface area contributed by atoms with Crippen LogP contribution in [0.3, 0.4) is 0 Å². The average Bonchev–Trinajstić information content (AvgIpc) is 3.36. The summed E-state index contributed by atoms with van der Waals surface area (Å²) in [6.07, 6.45) is 5.31. The SMILES string of the molecule is C[C@@H]1CN(c2ccc(Nc3ncc4ccn(-c5ccc(C(=O)N6CCOCC6)c(F)c5)c4n3)cn2)C[C@H](C)N1. The van der Waals surface area contributed by atoms with E-state index in [0.29, 0.717) is 55.7 Å². The summed E-state index contributed by atoms with van der Waals surface area (Å²) in [5.41, 5.74) is 2.00. The van der Waals surface area contributed by atoms with Crippen LogP contribution in [0.25, 0.3) is 16.7 Å². The maximum absolute atomic E-state index is 15.1. The van der Waals surface area contributed by atoms with Gasteiger partial charge in [-0.1, -0.05) is 0 Å². The number of nitrogens with zero attached hydrogens (tertiary/aromatic N) is 6. The van der Waals surface area contributed by atoms with Crippen LogP contribution < -0.4 is 15.5 Å². The number of ether oxygens (including phenoxy) is 1. The van der Waals surface area contributed by atoms with Crippen LogP contribution in [0.15, 0.2) is 55.0 Å². The van der Waals surface area contributed by atoms with E-state index in [-0.39, 0.29) is 11.5 Å². The molecule has 2 saturated heterocycles. The van der Waals surface area contributed by atoms with E-state index in [1.165, 1.54) is 12.1 Å². The van der Waals surface area contributed by atoms with Crippen LogP contribution in [0.4, 0.5) is 21.8 Å². The number of morpholine rings is 1. The van der Waals surface area contributed by atoms with Crippen LogP contribution in [0.5, 0.6) is 0 Å². The molecule has 0 bridgehead atoms. The lowest BCUT2D eigenvalue weighted by Crippen LogP contribution is -2.54. The van der Waals surface area contributed by atoms with Crippen LogP contribution in [-0.4, -0.2) is 81.8 Å². The Morgan fingerprint density at radius 1 is 1.05 bits per heavy atom. The van der Waals surface area contributed by atoms with Crippen molar-refractivity contribution in [3.05, 3.63) is 66.4 Å². The van der Waals surface area contributed by atoms with Crippen LogP contribution in [0.1, 0.15) is 24.2 Å². The highest BCUT2D eigenvalue weighted by Crippen LogP contribution is 2.24. The molecule has 2 aliphatic rings. The molecule has 0 saturated carbocycles. The van der Waals surface area contributed by atoms with Crippen molar-refractivity contribution in [3.8, 4) is 5.69 Å². The van der Waals surface area contributed by atoms with Crippen molar-refractivity contribution >= 4 is 34.4 Å². The molecule has 11 heteroatoms. The first-order valence-corrected chi connectivity index (χ1v) is 13.2. The number of amides is 1. The Labute approximate surface area is 225 Å². The molecule has 2 fully saturated rings. The van der Waals surface area contributed by atoms with Crippen molar-refractivity contribution in [2.24, 2.45) is 0 Å². The first kappa shape index (κ1) is 25.2. The van der Waals surface area contributed by atoms with Crippen LogP contribution >= 0.6 is 0 Å². The van der Waals surface area contributed by atoms with E-state index in [4.69, 9.17) is 4.74 Å². The van der Waals surface area contributed by atoms with Crippen LogP contribution in [0, 0.1) is 5.82 Å². The van der Waals surface area contributed by atoms with Gasteiger partial charge in [0.1, 0.15) is 17.3 Å². The van der Waals surface area contributed by atoms with Gasteiger partial charge in [-0.2, -0.15) is 4.98 Å². The fourth-order valence-electron chi connectivity index (χ4n) is 5.24. The van der Waals surface area contributed by atoms with Gasteiger partial charge in [0.25, 0.3) is 5.91 Å². The van der Waals surface area contributed by atoms with E-state index >= 15 is 4.39 Å². The van der Waals surface area contributed by atoms with E-state index < -0.39 is 5.82 Å². The predicted octanol–water partition coefficient (Wildman–Crippen LogP) is 3.36. The second kappa shape index (κ2) is 10.6. The van der Waals surface area contributed by atoms with Crippen molar-refractivity contribution in [2.45, 2.75) is 25.9 Å². The minimum Gasteiger partial charge on any atom is -0.378 e. The van der Waals surface area contributed by atoms with Crippen molar-refractivity contribution in [1.29, 1.82) is 0 Å². The normalized spacial score (nSPS) is 19.9. The Bertz CT molecular complexity index is 1470. The standard InChI is InChI=1S/C28H31FN8O2/c1-18-16-36(17-19(2)32-18)25-6-3-21(15-30-25)33-28-31-14-20-7-8-37(26(20)34-28)22-4-5-23(24(29)13-22)27(38)35-9-11-39-12-10-35/h3-8,13-15,18-19,32H,9-12,16-17H2,1-2H3,(H,31,33,34)/t18-,19+. The zero-order valence-corrected chi connectivity index (χ0v) is 22.0. The summed E-state index contributed by atoms with van der Waals surface area (Å²) < 4.78 is 22.1. The molecular weight excluding hydrogens is 499 g/mol. The molecule has 2 aliphatic heterocycles. The van der Waals surface area contributed by atoms with Gasteiger partial charge in [-0.3, -0.25) is 4.79 Å². The first-order valence-electron chi connectivity index (χ1n) is 13.2. The molecule has 0 aliphatic carbocycles. The van der Waals surface area contributed by atoms with E-state index in [0.717, 1.165) is 30.0 Å². The molecule has 202 valence electrons. The molecule has 6 rings (SSSR count). The van der Waals surface area contributed by atoms with Gasteiger partial charge in [-0.15, -0.1) is 0 Å². The number of pyridine rings is 1. The van der Waals surface area contributed by atoms with E-state index in [1.807, 2.05) is 24.4 Å². The lowest BCUT2D eigenvalue weighted by Gasteiger charge is -2.36. The third kappa shape index (κ3) is 5.27. The number of fused-ring (bicyclic) bond motifs is 1. The molecule has 2 atom stereocenters. The molecule has 10 nitrogen and oxygen atoms in total. The maximum atomic E-state index is 15.1. The van der Waals surface area contributed by atoms with Gasteiger partial charge in [-0.05, 0) is 50.2 Å². The predicted molar refractivity (Wildman–Crippen MR) is 147 cm³/mol. The smallest absolute Gasteiger partial charge is 0.256 e. The zero-order chi connectivity index (χ0) is 26.9. The summed E-state index contributed by atoms with van der Waals surface area (Å²) in [6.45, 7) is 8.01. The number of hydrogen-bond acceptors (Lipinski definition) is 8. The third-order valence-corrected chi connectivity index (χ3v) is 7.07. The number of piperazine rings is 1. The van der Waals surface area contributed by atoms with Crippen molar-refractivity contribution < 1.29 is 13.9 Å². The fourth-order valence-corrected chi connectivity index (χ4v) is 5.24. The molecular formula is C28H31FN8O2. The fraction of sp³-hybridized carbons (Fsp3) is 0.357. The number of halogens is 1. The van der Waals surface area contributed by atoms with Gasteiger partial charge < -0.3 is 29.7 Å². The molecule has 5 heterocycles. The summed E-state index contributed by atoms with van der Waals surface area (Å²) in [6, 6.07) is 11.3. The molecule has 1 aromatic carbocycles.